The molecule has 4 N–H and O–H groups in total. The van der Waals surface area contributed by atoms with Crippen molar-refractivity contribution in [1.82, 2.24) is 4.90 Å². The van der Waals surface area contributed by atoms with Crippen LogP contribution in [0.3, 0.4) is 0 Å². The number of hydrogen-bond acceptors (Lipinski definition) is 7. The van der Waals surface area contributed by atoms with Crippen molar-refractivity contribution in [1.29, 1.82) is 0 Å². The molecule has 7 heteroatoms. The number of hydrogen-bond donors (Lipinski definition) is 4. The minimum Gasteiger partial charge on any atom is -0.504 e. The number of carbonyl (C=O) groups excluding carboxylic acids is 1. The number of Topliss-reactive ketones (excluding diaryl/α,β-unsaturated/α-hetero) is 1. The summed E-state index contributed by atoms with van der Waals surface area (Å²) < 4.78 is 5.91. The van der Waals surface area contributed by atoms with Crippen LogP contribution in [-0.4, -0.2) is 68.0 Å². The van der Waals surface area contributed by atoms with E-state index in [1.165, 1.54) is 6.07 Å². The van der Waals surface area contributed by atoms with Gasteiger partial charge in [0.2, 0.25) is 0 Å². The van der Waals surface area contributed by atoms with E-state index in [-0.39, 0.29) is 23.7 Å². The third-order valence-corrected chi connectivity index (χ3v) is 7.65. The molecule has 6 rings (SSSR count). The number of ether oxygens (including phenoxy) is 1. The van der Waals surface area contributed by atoms with E-state index >= 15 is 0 Å². The van der Waals surface area contributed by atoms with Gasteiger partial charge in [-0.25, -0.2) is 0 Å². The van der Waals surface area contributed by atoms with E-state index in [1.54, 1.807) is 6.07 Å². The molecule has 0 aromatic heterocycles. The Bertz CT molecular complexity index is 868. The molecule has 5 aliphatic rings. The van der Waals surface area contributed by atoms with Crippen LogP contribution < -0.4 is 4.74 Å². The lowest BCUT2D eigenvalue weighted by Crippen LogP contribution is -2.81. The Kier molecular flexibility index (Phi) is 2.92. The molecule has 1 aromatic carbocycles. The van der Waals surface area contributed by atoms with Crippen molar-refractivity contribution in [2.45, 2.75) is 61.1 Å². The standard InChI is InChI=1S/C20H23NO6/c22-11-4-3-10-14-16(11)27-18-12(23)7-13(24)20(26)17(15(10)25)21(8-9-1-2-9)6-5-19(14,18)20/h3-4,9,13,15,17-18,22,24-26H,1-2,5-8H2/t13-,15-,17+,18-,19-,20+/m0/s1. The van der Waals surface area contributed by atoms with Crippen LogP contribution in [0.5, 0.6) is 11.5 Å². The Balaban J connectivity index is 1.64. The summed E-state index contributed by atoms with van der Waals surface area (Å²) in [7, 11) is 0. The summed E-state index contributed by atoms with van der Waals surface area (Å²) in [4.78, 5) is 14.9. The van der Waals surface area contributed by atoms with Crippen LogP contribution in [0, 0.1) is 5.92 Å². The van der Waals surface area contributed by atoms with Crippen LogP contribution in [0.4, 0.5) is 0 Å². The van der Waals surface area contributed by atoms with Crippen molar-refractivity contribution in [2.75, 3.05) is 13.1 Å². The zero-order chi connectivity index (χ0) is 18.7. The maximum absolute atomic E-state index is 12.8. The molecular formula is C20H23NO6. The highest BCUT2D eigenvalue weighted by Crippen LogP contribution is 2.66. The highest BCUT2D eigenvalue weighted by Gasteiger charge is 2.77. The number of aromatic hydroxyl groups is 1. The largest absolute Gasteiger partial charge is 0.504 e. The summed E-state index contributed by atoms with van der Waals surface area (Å²) in [5.41, 5.74) is -1.74. The quantitative estimate of drug-likeness (QED) is 0.577. The average molecular weight is 373 g/mol. The summed E-state index contributed by atoms with van der Waals surface area (Å²) in [6, 6.07) is 2.42. The highest BCUT2D eigenvalue weighted by atomic mass is 16.5. The fourth-order valence-corrected chi connectivity index (χ4v) is 6.37. The Labute approximate surface area is 156 Å². The lowest BCUT2D eigenvalue weighted by Gasteiger charge is -2.64. The third-order valence-electron chi connectivity index (χ3n) is 7.65. The minimum absolute atomic E-state index is 0.103. The topological polar surface area (TPSA) is 110 Å². The number of phenols is 1. The van der Waals surface area contributed by atoms with Gasteiger partial charge >= 0.3 is 0 Å². The molecule has 1 aromatic rings. The van der Waals surface area contributed by atoms with E-state index < -0.39 is 35.4 Å². The molecule has 144 valence electrons. The molecule has 0 radical (unpaired) electrons. The number of carbonyl (C=O) groups is 1. The lowest BCUT2D eigenvalue weighted by molar-refractivity contribution is -0.248. The fourth-order valence-electron chi connectivity index (χ4n) is 6.37. The number of rotatable bonds is 2. The Morgan fingerprint density at radius 3 is 2.78 bits per heavy atom. The smallest absolute Gasteiger partial charge is 0.177 e. The first-order valence-electron chi connectivity index (χ1n) is 9.78. The molecule has 2 bridgehead atoms. The monoisotopic (exact) mass is 373 g/mol. The second-order valence-electron chi connectivity index (χ2n) is 8.94. The zero-order valence-electron chi connectivity index (χ0n) is 14.8. The molecule has 2 heterocycles. The summed E-state index contributed by atoms with van der Waals surface area (Å²) >= 11 is 0. The van der Waals surface area contributed by atoms with Gasteiger partial charge in [-0.1, -0.05) is 6.07 Å². The van der Waals surface area contributed by atoms with Crippen LogP contribution in [0.15, 0.2) is 12.1 Å². The van der Waals surface area contributed by atoms with Crippen molar-refractivity contribution in [3.63, 3.8) is 0 Å². The predicted molar refractivity (Wildman–Crippen MR) is 92.4 cm³/mol. The van der Waals surface area contributed by atoms with Crippen molar-refractivity contribution < 1.29 is 30.0 Å². The van der Waals surface area contributed by atoms with E-state index in [0.717, 1.165) is 19.4 Å². The Morgan fingerprint density at radius 1 is 1.26 bits per heavy atom. The van der Waals surface area contributed by atoms with Gasteiger partial charge < -0.3 is 25.2 Å². The van der Waals surface area contributed by atoms with Crippen LogP contribution in [0.25, 0.3) is 0 Å². The molecule has 2 aliphatic heterocycles. The first kappa shape index (κ1) is 16.3. The molecule has 2 saturated carbocycles. The second-order valence-corrected chi connectivity index (χ2v) is 8.94. The maximum Gasteiger partial charge on any atom is 0.177 e. The number of aliphatic hydroxyl groups excluding tert-OH is 2. The normalized spacial score (nSPS) is 44.8. The van der Waals surface area contributed by atoms with Gasteiger partial charge in [-0.2, -0.15) is 0 Å². The maximum atomic E-state index is 12.8. The van der Waals surface area contributed by atoms with Gasteiger partial charge in [-0.3, -0.25) is 9.69 Å². The van der Waals surface area contributed by atoms with Gasteiger partial charge in [0.15, 0.2) is 23.4 Å². The molecular weight excluding hydrogens is 350 g/mol. The molecule has 0 unspecified atom stereocenters. The van der Waals surface area contributed by atoms with Crippen LogP contribution in [0.2, 0.25) is 0 Å². The molecule has 0 amide bonds. The average Bonchev–Trinajstić information content (AvgIpc) is 3.36. The van der Waals surface area contributed by atoms with Gasteiger partial charge in [-0.15, -0.1) is 0 Å². The summed E-state index contributed by atoms with van der Waals surface area (Å²) in [5, 5.41) is 44.5. The third kappa shape index (κ3) is 1.67. The van der Waals surface area contributed by atoms with E-state index in [9.17, 15) is 25.2 Å². The van der Waals surface area contributed by atoms with Crippen LogP contribution in [0.1, 0.15) is 42.9 Å². The fraction of sp³-hybridized carbons (Fsp3) is 0.650. The molecule has 3 fully saturated rings. The van der Waals surface area contributed by atoms with Crippen molar-refractivity contribution in [2.24, 2.45) is 5.92 Å². The number of nitrogens with zero attached hydrogens (tertiary/aromatic N) is 1. The number of benzene rings is 1. The van der Waals surface area contributed by atoms with Gasteiger partial charge in [-0.05, 0) is 43.4 Å². The molecule has 1 saturated heterocycles. The highest BCUT2D eigenvalue weighted by molar-refractivity contribution is 5.90. The Hall–Kier alpha value is -1.67. The lowest BCUT2D eigenvalue weighted by atomic mass is 9.47. The first-order chi connectivity index (χ1) is 12.9. The van der Waals surface area contributed by atoms with Crippen molar-refractivity contribution >= 4 is 5.78 Å². The molecule has 6 atom stereocenters. The zero-order valence-corrected chi connectivity index (χ0v) is 14.8. The Morgan fingerprint density at radius 2 is 2.04 bits per heavy atom. The van der Waals surface area contributed by atoms with Crippen molar-refractivity contribution in [3.05, 3.63) is 23.3 Å². The van der Waals surface area contributed by atoms with Gasteiger partial charge in [0.1, 0.15) is 5.60 Å². The predicted octanol–water partition coefficient (Wildman–Crippen LogP) is -0.0129. The summed E-state index contributed by atoms with van der Waals surface area (Å²) in [6.07, 6.45) is -0.737. The molecule has 1 spiro atoms. The first-order valence-corrected chi connectivity index (χ1v) is 9.78. The number of ketones is 1. The molecule has 7 nitrogen and oxygen atoms in total. The SMILES string of the molecule is O=C1C[C@H](O)[C@@]2(O)[C@H]3[C@@H](O)c4ccc(O)c5c4[C@@]2(CCN3CC2CC2)[C@H]1O5. The van der Waals surface area contributed by atoms with Gasteiger partial charge in [0.05, 0.1) is 23.7 Å². The summed E-state index contributed by atoms with van der Waals surface area (Å²) in [5.74, 6) is 0.365. The number of phenolic OH excluding ortho intramolecular Hbond substituents is 1. The number of piperidine rings is 1. The van der Waals surface area contributed by atoms with E-state index in [2.05, 4.69) is 4.90 Å². The van der Waals surface area contributed by atoms with E-state index in [0.29, 0.717) is 30.0 Å². The van der Waals surface area contributed by atoms with Crippen molar-refractivity contribution in [3.8, 4) is 11.5 Å². The van der Waals surface area contributed by atoms with E-state index in [4.69, 9.17) is 4.74 Å². The molecule has 27 heavy (non-hydrogen) atoms. The van der Waals surface area contributed by atoms with Gasteiger partial charge in [0, 0.05) is 18.5 Å². The van der Waals surface area contributed by atoms with Crippen LogP contribution >= 0.6 is 0 Å². The molecule has 3 aliphatic carbocycles. The summed E-state index contributed by atoms with van der Waals surface area (Å²) in [6.45, 7) is 1.38. The van der Waals surface area contributed by atoms with Crippen LogP contribution in [-0.2, 0) is 10.2 Å². The van der Waals surface area contributed by atoms with Gasteiger partial charge in [0.25, 0.3) is 0 Å². The van der Waals surface area contributed by atoms with E-state index in [1.807, 2.05) is 0 Å². The minimum atomic E-state index is -1.70. The number of aliphatic hydroxyl groups is 3. The number of likely N-dealkylation sites (tertiary alicyclic amines) is 1. The second kappa shape index (κ2) is 4.84.